The molecule has 13 heavy (non-hydrogen) atoms. The average molecular weight is 180 g/mol. The first-order chi connectivity index (χ1) is 6.03. The van der Waals surface area contributed by atoms with Crippen molar-refractivity contribution in [2.24, 2.45) is 0 Å². The largest absolute Gasteiger partial charge is 0.312 e. The van der Waals surface area contributed by atoms with E-state index in [0.29, 0.717) is 0 Å². The molecule has 0 radical (unpaired) electrons. The third-order valence-electron chi connectivity index (χ3n) is 3.10. The van der Waals surface area contributed by atoms with E-state index < -0.39 is 0 Å². The van der Waals surface area contributed by atoms with Crippen LogP contribution in [0.1, 0.15) is 25.5 Å². The summed E-state index contributed by atoms with van der Waals surface area (Å²) in [6.45, 7) is 8.46. The van der Waals surface area contributed by atoms with E-state index in [4.69, 9.17) is 0 Å². The van der Waals surface area contributed by atoms with E-state index in [0.717, 1.165) is 24.7 Å². The zero-order valence-electron chi connectivity index (χ0n) is 8.70. The Balaban J connectivity index is 2.53. The summed E-state index contributed by atoms with van der Waals surface area (Å²) in [6, 6.07) is 0. The smallest absolute Gasteiger partial charge is 0.153 e. The molecule has 0 N–H and O–H groups in total. The van der Waals surface area contributed by atoms with Gasteiger partial charge in [-0.2, -0.15) is 0 Å². The number of aryl methyl sites for hydroxylation is 1. The summed E-state index contributed by atoms with van der Waals surface area (Å²) in [5, 5.41) is 8.35. The van der Waals surface area contributed by atoms with Crippen molar-refractivity contribution in [3.8, 4) is 0 Å². The summed E-state index contributed by atoms with van der Waals surface area (Å²) >= 11 is 0. The van der Waals surface area contributed by atoms with E-state index in [1.165, 1.54) is 0 Å². The third kappa shape index (κ3) is 1.09. The van der Waals surface area contributed by atoms with E-state index in [2.05, 4.69) is 40.6 Å². The van der Waals surface area contributed by atoms with Crippen LogP contribution in [0.25, 0.3) is 0 Å². The maximum absolute atomic E-state index is 4.23. The minimum absolute atomic E-state index is 0.0134. The van der Waals surface area contributed by atoms with Gasteiger partial charge in [-0.05, 0) is 27.8 Å². The quantitative estimate of drug-likeness (QED) is 0.591. The Kier molecular flexibility index (Phi) is 1.70. The van der Waals surface area contributed by atoms with Crippen LogP contribution in [0.15, 0.2) is 0 Å². The van der Waals surface area contributed by atoms with Gasteiger partial charge < -0.3 is 4.57 Å². The topological polar surface area (TPSA) is 34.0 Å². The summed E-state index contributed by atoms with van der Waals surface area (Å²) in [5.41, 5.74) is 0.0134. The highest BCUT2D eigenvalue weighted by Gasteiger charge is 2.35. The molecule has 0 saturated heterocycles. The zero-order valence-corrected chi connectivity index (χ0v) is 8.70. The van der Waals surface area contributed by atoms with Crippen LogP contribution >= 0.6 is 0 Å². The van der Waals surface area contributed by atoms with Crippen LogP contribution in [0.5, 0.6) is 0 Å². The van der Waals surface area contributed by atoms with Gasteiger partial charge in [0.25, 0.3) is 0 Å². The van der Waals surface area contributed by atoms with Crippen molar-refractivity contribution in [2.75, 3.05) is 13.6 Å². The molecule has 0 unspecified atom stereocenters. The van der Waals surface area contributed by atoms with Crippen molar-refractivity contribution >= 4 is 0 Å². The van der Waals surface area contributed by atoms with Gasteiger partial charge in [0.15, 0.2) is 5.82 Å². The second-order valence-corrected chi connectivity index (χ2v) is 4.20. The second kappa shape index (κ2) is 2.54. The number of rotatable bonds is 0. The molecule has 72 valence electrons. The summed E-state index contributed by atoms with van der Waals surface area (Å²) < 4.78 is 2.21. The normalized spacial score (nSPS) is 21.5. The molecular formula is C9H16N4. The van der Waals surface area contributed by atoms with Crippen LogP contribution in [0.4, 0.5) is 0 Å². The first-order valence-electron chi connectivity index (χ1n) is 4.65. The number of likely N-dealkylation sites (N-methyl/N-ethyl adjacent to an activating group) is 1. The van der Waals surface area contributed by atoms with E-state index in [1.807, 2.05) is 6.92 Å². The van der Waals surface area contributed by atoms with Gasteiger partial charge in [-0.15, -0.1) is 10.2 Å². The maximum Gasteiger partial charge on any atom is 0.153 e. The number of hydrogen-bond donors (Lipinski definition) is 0. The molecule has 1 aromatic rings. The molecule has 0 atom stereocenters. The molecule has 1 aliphatic rings. The fourth-order valence-corrected chi connectivity index (χ4v) is 1.80. The Labute approximate surface area is 78.6 Å². The van der Waals surface area contributed by atoms with Crippen molar-refractivity contribution in [1.29, 1.82) is 0 Å². The predicted octanol–water partition coefficient (Wildman–Crippen LogP) is 0.767. The molecule has 4 nitrogen and oxygen atoms in total. The third-order valence-corrected chi connectivity index (χ3v) is 3.10. The van der Waals surface area contributed by atoms with Gasteiger partial charge in [-0.25, -0.2) is 0 Å². The summed E-state index contributed by atoms with van der Waals surface area (Å²) in [7, 11) is 2.13. The lowest BCUT2D eigenvalue weighted by molar-refractivity contribution is 0.109. The molecule has 2 heterocycles. The molecule has 0 fully saturated rings. The molecule has 0 aliphatic carbocycles. The number of hydrogen-bond acceptors (Lipinski definition) is 3. The van der Waals surface area contributed by atoms with Gasteiger partial charge in [0, 0.05) is 13.1 Å². The Morgan fingerprint density at radius 1 is 1.23 bits per heavy atom. The highest BCUT2D eigenvalue weighted by atomic mass is 15.4. The number of fused-ring (bicyclic) bond motifs is 1. The fourth-order valence-electron chi connectivity index (χ4n) is 1.80. The van der Waals surface area contributed by atoms with Crippen LogP contribution in [0.2, 0.25) is 0 Å². The highest BCUT2D eigenvalue weighted by molar-refractivity contribution is 5.08. The van der Waals surface area contributed by atoms with Gasteiger partial charge in [-0.3, -0.25) is 4.90 Å². The number of aromatic nitrogens is 3. The molecule has 0 spiro atoms. The van der Waals surface area contributed by atoms with Gasteiger partial charge in [-0.1, -0.05) is 0 Å². The molecule has 1 aromatic heterocycles. The van der Waals surface area contributed by atoms with Crippen molar-refractivity contribution in [1.82, 2.24) is 19.7 Å². The summed E-state index contributed by atoms with van der Waals surface area (Å²) in [6.07, 6.45) is 0. The van der Waals surface area contributed by atoms with Gasteiger partial charge in [0.05, 0.1) is 5.54 Å². The lowest BCUT2D eigenvalue weighted by atomic mass is 10.0. The van der Waals surface area contributed by atoms with Crippen LogP contribution in [-0.4, -0.2) is 33.3 Å². The van der Waals surface area contributed by atoms with E-state index in [9.17, 15) is 0 Å². The average Bonchev–Trinajstić information content (AvgIpc) is 2.42. The first-order valence-corrected chi connectivity index (χ1v) is 4.65. The molecule has 0 saturated carbocycles. The Bertz CT molecular complexity index is 326. The SMILES string of the molecule is Cc1nnc2n1CCN(C)C2(C)C. The molecule has 1 aliphatic heterocycles. The first kappa shape index (κ1) is 8.69. The standard InChI is InChI=1S/C9H16N4/c1-7-10-11-8-9(2,3)12(4)5-6-13(7)8/h5-6H2,1-4H3. The molecular weight excluding hydrogens is 164 g/mol. The molecule has 0 amide bonds. The van der Waals surface area contributed by atoms with Gasteiger partial charge >= 0.3 is 0 Å². The monoisotopic (exact) mass is 180 g/mol. The predicted molar refractivity (Wildman–Crippen MR) is 50.4 cm³/mol. The Morgan fingerprint density at radius 2 is 1.92 bits per heavy atom. The molecule has 0 bridgehead atoms. The van der Waals surface area contributed by atoms with Crippen molar-refractivity contribution in [3.63, 3.8) is 0 Å². The molecule has 2 rings (SSSR count). The summed E-state index contributed by atoms with van der Waals surface area (Å²) in [4.78, 5) is 2.32. The van der Waals surface area contributed by atoms with Crippen molar-refractivity contribution < 1.29 is 0 Å². The van der Waals surface area contributed by atoms with Crippen LogP contribution in [0.3, 0.4) is 0 Å². The van der Waals surface area contributed by atoms with Gasteiger partial charge in [0.2, 0.25) is 0 Å². The molecule has 0 aromatic carbocycles. The zero-order chi connectivity index (χ0) is 9.64. The fraction of sp³-hybridized carbons (Fsp3) is 0.778. The molecule has 4 heteroatoms. The van der Waals surface area contributed by atoms with Crippen LogP contribution < -0.4 is 0 Å². The van der Waals surface area contributed by atoms with Crippen molar-refractivity contribution in [2.45, 2.75) is 32.9 Å². The lowest BCUT2D eigenvalue weighted by Crippen LogP contribution is -2.46. The maximum atomic E-state index is 4.23. The van der Waals surface area contributed by atoms with Crippen molar-refractivity contribution in [3.05, 3.63) is 11.6 Å². The highest BCUT2D eigenvalue weighted by Crippen LogP contribution is 2.28. The Morgan fingerprint density at radius 3 is 2.62 bits per heavy atom. The van der Waals surface area contributed by atoms with Crippen LogP contribution in [0, 0.1) is 6.92 Å². The minimum atomic E-state index is 0.0134. The second-order valence-electron chi connectivity index (χ2n) is 4.20. The summed E-state index contributed by atoms with van der Waals surface area (Å²) in [5.74, 6) is 2.11. The van der Waals surface area contributed by atoms with E-state index in [1.54, 1.807) is 0 Å². The van der Waals surface area contributed by atoms with E-state index in [-0.39, 0.29) is 5.54 Å². The Hall–Kier alpha value is -0.900. The number of nitrogens with zero attached hydrogens (tertiary/aromatic N) is 4. The van der Waals surface area contributed by atoms with Crippen LogP contribution in [-0.2, 0) is 12.1 Å². The van der Waals surface area contributed by atoms with E-state index >= 15 is 0 Å². The van der Waals surface area contributed by atoms with Gasteiger partial charge in [0.1, 0.15) is 5.82 Å². The lowest BCUT2D eigenvalue weighted by Gasteiger charge is -2.39. The minimum Gasteiger partial charge on any atom is -0.312 e.